The number of aryl methyl sites for hydroxylation is 2. The van der Waals surface area contributed by atoms with E-state index in [9.17, 15) is 4.79 Å². The molecule has 0 aliphatic heterocycles. The molecule has 0 saturated heterocycles. The first-order chi connectivity index (χ1) is 11.1. The number of nitrogens with zero attached hydrogens (tertiary/aromatic N) is 2. The summed E-state index contributed by atoms with van der Waals surface area (Å²) in [5, 5.41) is 5.93. The van der Waals surface area contributed by atoms with E-state index in [2.05, 4.69) is 5.16 Å². The quantitative estimate of drug-likeness (QED) is 0.699. The summed E-state index contributed by atoms with van der Waals surface area (Å²) >= 11 is 6.36. The predicted octanol–water partition coefficient (Wildman–Crippen LogP) is 3.62. The molecule has 0 aliphatic carbocycles. The van der Waals surface area contributed by atoms with Crippen LogP contribution in [-0.4, -0.2) is 16.3 Å². The van der Waals surface area contributed by atoms with Crippen LogP contribution in [0.4, 0.5) is 0 Å². The fraction of sp³-hybridized carbons (Fsp3) is 0.412. The summed E-state index contributed by atoms with van der Waals surface area (Å²) in [4.78, 5) is 12.9. The van der Waals surface area contributed by atoms with Gasteiger partial charge in [0.1, 0.15) is 16.7 Å². The van der Waals surface area contributed by atoms with Crippen LogP contribution in [0.25, 0.3) is 21.8 Å². The van der Waals surface area contributed by atoms with E-state index >= 15 is 0 Å². The maximum Gasteiger partial charge on any atom is 0.264 e. The third kappa shape index (κ3) is 2.86. The lowest BCUT2D eigenvalue weighted by Gasteiger charge is -2.11. The number of hydrogen-bond donors (Lipinski definition) is 1. The number of hydrogen-bond acceptors (Lipinski definition) is 4. The lowest BCUT2D eigenvalue weighted by molar-refractivity contribution is 0.406. The number of benzene rings is 1. The molecule has 2 heterocycles. The van der Waals surface area contributed by atoms with Crippen LogP contribution >= 0.6 is 11.6 Å². The van der Waals surface area contributed by atoms with Gasteiger partial charge in [0.25, 0.3) is 5.56 Å². The maximum atomic E-state index is 12.9. The van der Waals surface area contributed by atoms with Crippen molar-refractivity contribution in [3.8, 4) is 0 Å². The Labute approximate surface area is 139 Å². The van der Waals surface area contributed by atoms with E-state index in [1.54, 1.807) is 11.5 Å². The van der Waals surface area contributed by atoms with E-state index in [-0.39, 0.29) is 5.56 Å². The monoisotopic (exact) mass is 333 g/mol. The lowest BCUT2D eigenvalue weighted by atomic mass is 10.1. The molecule has 3 rings (SSSR count). The van der Waals surface area contributed by atoms with Gasteiger partial charge in [0.15, 0.2) is 0 Å². The van der Waals surface area contributed by atoms with Gasteiger partial charge >= 0.3 is 0 Å². The van der Waals surface area contributed by atoms with E-state index in [1.807, 2.05) is 18.2 Å². The summed E-state index contributed by atoms with van der Waals surface area (Å²) in [6.07, 6.45) is 4.08. The smallest absolute Gasteiger partial charge is 0.264 e. The standard InChI is InChI=1S/C17H20ClN3O2/c1-11-14-16(20-23-11)15-12(18)7-6-8-13(15)21(17(14)22)10-5-3-2-4-9-19/h6-8H,2-5,9-10,19H2,1H3. The molecule has 0 radical (unpaired) electrons. The van der Waals surface area contributed by atoms with Gasteiger partial charge in [-0.3, -0.25) is 4.79 Å². The van der Waals surface area contributed by atoms with Crippen molar-refractivity contribution < 1.29 is 4.52 Å². The van der Waals surface area contributed by atoms with Crippen molar-refractivity contribution in [1.29, 1.82) is 0 Å². The summed E-state index contributed by atoms with van der Waals surface area (Å²) in [5.74, 6) is 0.531. The van der Waals surface area contributed by atoms with E-state index in [4.69, 9.17) is 21.9 Å². The minimum Gasteiger partial charge on any atom is -0.360 e. The minimum absolute atomic E-state index is 0.0626. The van der Waals surface area contributed by atoms with Crippen LogP contribution in [0.5, 0.6) is 0 Å². The van der Waals surface area contributed by atoms with Gasteiger partial charge in [-0.2, -0.15) is 0 Å². The number of unbranched alkanes of at least 4 members (excludes halogenated alkanes) is 3. The number of rotatable bonds is 6. The predicted molar refractivity (Wildman–Crippen MR) is 93.0 cm³/mol. The highest BCUT2D eigenvalue weighted by Crippen LogP contribution is 2.30. The zero-order valence-corrected chi connectivity index (χ0v) is 13.9. The van der Waals surface area contributed by atoms with Gasteiger partial charge in [-0.25, -0.2) is 0 Å². The number of nitrogens with two attached hydrogens (primary N) is 1. The van der Waals surface area contributed by atoms with Crippen LogP contribution in [0.3, 0.4) is 0 Å². The van der Waals surface area contributed by atoms with Crippen LogP contribution in [0.1, 0.15) is 31.4 Å². The Balaban J connectivity index is 2.11. The Morgan fingerprint density at radius 2 is 2.00 bits per heavy atom. The number of pyridine rings is 1. The highest BCUT2D eigenvalue weighted by atomic mass is 35.5. The van der Waals surface area contributed by atoms with E-state index in [0.29, 0.717) is 34.8 Å². The van der Waals surface area contributed by atoms with Gasteiger partial charge in [0.05, 0.1) is 10.5 Å². The highest BCUT2D eigenvalue weighted by Gasteiger charge is 2.18. The normalized spacial score (nSPS) is 11.6. The number of fused-ring (bicyclic) bond motifs is 3. The molecule has 23 heavy (non-hydrogen) atoms. The molecule has 0 spiro atoms. The molecule has 1 aromatic carbocycles. The summed E-state index contributed by atoms with van der Waals surface area (Å²) in [7, 11) is 0. The molecule has 0 atom stereocenters. The molecule has 3 aromatic rings. The molecular formula is C17H20ClN3O2. The molecule has 0 bridgehead atoms. The molecule has 0 fully saturated rings. The summed E-state index contributed by atoms with van der Waals surface area (Å²) in [6.45, 7) is 3.12. The first-order valence-electron chi connectivity index (χ1n) is 7.92. The SMILES string of the molecule is Cc1onc2c1c(=O)n(CCCCCCN)c1cccc(Cl)c21. The topological polar surface area (TPSA) is 74.0 Å². The summed E-state index contributed by atoms with van der Waals surface area (Å²) in [6, 6.07) is 5.57. The third-order valence-electron chi connectivity index (χ3n) is 4.18. The largest absolute Gasteiger partial charge is 0.360 e. The zero-order chi connectivity index (χ0) is 16.4. The van der Waals surface area contributed by atoms with Crippen LogP contribution in [-0.2, 0) is 6.54 Å². The number of halogens is 1. The van der Waals surface area contributed by atoms with E-state index < -0.39 is 0 Å². The second kappa shape index (κ2) is 6.72. The average molecular weight is 334 g/mol. The van der Waals surface area contributed by atoms with Crippen LogP contribution < -0.4 is 11.3 Å². The first kappa shape index (κ1) is 16.0. The summed E-state index contributed by atoms with van der Waals surface area (Å²) < 4.78 is 7.02. The lowest BCUT2D eigenvalue weighted by Crippen LogP contribution is -2.21. The van der Waals surface area contributed by atoms with Crippen molar-refractivity contribution in [1.82, 2.24) is 9.72 Å². The molecule has 122 valence electrons. The van der Waals surface area contributed by atoms with Crippen LogP contribution in [0.15, 0.2) is 27.5 Å². The van der Waals surface area contributed by atoms with Gasteiger partial charge in [0, 0.05) is 11.9 Å². The molecule has 0 amide bonds. The van der Waals surface area contributed by atoms with E-state index in [0.717, 1.165) is 36.6 Å². The second-order valence-corrected chi connectivity index (χ2v) is 6.16. The Morgan fingerprint density at radius 3 is 2.78 bits per heavy atom. The Hall–Kier alpha value is -1.85. The molecule has 0 unspecified atom stereocenters. The molecular weight excluding hydrogens is 314 g/mol. The first-order valence-corrected chi connectivity index (χ1v) is 8.30. The zero-order valence-electron chi connectivity index (χ0n) is 13.1. The molecule has 6 heteroatoms. The van der Waals surface area contributed by atoms with Crippen molar-refractivity contribution in [2.24, 2.45) is 5.73 Å². The highest BCUT2D eigenvalue weighted by molar-refractivity contribution is 6.37. The van der Waals surface area contributed by atoms with E-state index in [1.165, 1.54) is 0 Å². The molecule has 0 aliphatic rings. The number of aromatic nitrogens is 2. The van der Waals surface area contributed by atoms with Gasteiger partial charge < -0.3 is 14.8 Å². The minimum atomic E-state index is -0.0626. The molecule has 0 saturated carbocycles. The Morgan fingerprint density at radius 1 is 1.22 bits per heavy atom. The van der Waals surface area contributed by atoms with Gasteiger partial charge in [-0.1, -0.05) is 35.7 Å². The third-order valence-corrected chi connectivity index (χ3v) is 4.49. The van der Waals surface area contributed by atoms with Crippen molar-refractivity contribution in [3.05, 3.63) is 39.3 Å². The van der Waals surface area contributed by atoms with Crippen molar-refractivity contribution in [2.75, 3.05) is 6.54 Å². The fourth-order valence-corrected chi connectivity index (χ4v) is 3.26. The molecule has 5 nitrogen and oxygen atoms in total. The fourth-order valence-electron chi connectivity index (χ4n) is 3.00. The van der Waals surface area contributed by atoms with Gasteiger partial charge in [-0.05, 0) is 38.4 Å². The van der Waals surface area contributed by atoms with Crippen LogP contribution in [0.2, 0.25) is 5.02 Å². The van der Waals surface area contributed by atoms with Crippen LogP contribution in [0, 0.1) is 6.92 Å². The maximum absolute atomic E-state index is 12.9. The second-order valence-electron chi connectivity index (χ2n) is 5.76. The Kier molecular flexibility index (Phi) is 4.68. The van der Waals surface area contributed by atoms with Crippen molar-refractivity contribution in [2.45, 2.75) is 39.2 Å². The van der Waals surface area contributed by atoms with Crippen molar-refractivity contribution in [3.63, 3.8) is 0 Å². The molecule has 2 aromatic heterocycles. The van der Waals surface area contributed by atoms with Gasteiger partial charge in [-0.15, -0.1) is 0 Å². The average Bonchev–Trinajstić information content (AvgIpc) is 2.92. The van der Waals surface area contributed by atoms with Crippen molar-refractivity contribution >= 4 is 33.4 Å². The summed E-state index contributed by atoms with van der Waals surface area (Å²) in [5.41, 5.74) is 6.81. The Bertz CT molecular complexity index is 898. The van der Waals surface area contributed by atoms with Gasteiger partial charge in [0.2, 0.25) is 0 Å². The molecule has 2 N–H and O–H groups in total.